The van der Waals surface area contributed by atoms with Gasteiger partial charge in [0, 0.05) is 11.5 Å². The standard InChI is InChI=1S/C18H29NOS/c1-8-20-16-14(12(3)13(4)17(19)21)9-11(2)10-15(16)18(5,6)7/h9-10,12-13H,8H2,1-7H3,(H2,19,21). The first-order valence-corrected chi connectivity index (χ1v) is 8.07. The minimum absolute atomic E-state index is 0.0391. The molecule has 0 spiro atoms. The molecule has 1 aromatic carbocycles. The van der Waals surface area contributed by atoms with E-state index in [0.717, 1.165) is 5.75 Å². The largest absolute Gasteiger partial charge is 0.493 e. The van der Waals surface area contributed by atoms with Gasteiger partial charge >= 0.3 is 0 Å². The van der Waals surface area contributed by atoms with Gasteiger partial charge in [-0.05, 0) is 30.7 Å². The van der Waals surface area contributed by atoms with Crippen LogP contribution in [0, 0.1) is 12.8 Å². The smallest absolute Gasteiger partial charge is 0.126 e. The van der Waals surface area contributed by atoms with Crippen LogP contribution in [-0.4, -0.2) is 11.6 Å². The maximum Gasteiger partial charge on any atom is 0.126 e. The molecule has 0 aliphatic carbocycles. The molecule has 1 rings (SSSR count). The molecule has 1 aromatic rings. The molecule has 0 bridgehead atoms. The molecular formula is C18H29NOS. The molecule has 3 heteroatoms. The van der Waals surface area contributed by atoms with E-state index in [0.29, 0.717) is 11.6 Å². The molecule has 2 unspecified atom stereocenters. The highest BCUT2D eigenvalue weighted by atomic mass is 32.1. The van der Waals surface area contributed by atoms with E-state index in [1.807, 2.05) is 6.92 Å². The lowest BCUT2D eigenvalue weighted by Crippen LogP contribution is -2.24. The highest BCUT2D eigenvalue weighted by Crippen LogP contribution is 2.40. The summed E-state index contributed by atoms with van der Waals surface area (Å²) in [5.41, 5.74) is 9.60. The van der Waals surface area contributed by atoms with Crippen LogP contribution in [-0.2, 0) is 5.41 Å². The Morgan fingerprint density at radius 1 is 1.29 bits per heavy atom. The lowest BCUT2D eigenvalue weighted by molar-refractivity contribution is 0.322. The van der Waals surface area contributed by atoms with Gasteiger partial charge in [-0.2, -0.15) is 0 Å². The van der Waals surface area contributed by atoms with Gasteiger partial charge in [0.25, 0.3) is 0 Å². The number of hydrogen-bond donors (Lipinski definition) is 1. The first-order valence-electron chi connectivity index (χ1n) is 7.66. The SMILES string of the molecule is CCOc1c(C(C)C(C)C(N)=S)cc(C)cc1C(C)(C)C. The van der Waals surface area contributed by atoms with Crippen molar-refractivity contribution in [3.05, 3.63) is 28.8 Å². The zero-order valence-corrected chi connectivity index (χ0v) is 15.2. The molecule has 0 amide bonds. The van der Waals surface area contributed by atoms with Crippen molar-refractivity contribution in [2.45, 2.75) is 59.8 Å². The fourth-order valence-electron chi connectivity index (χ4n) is 2.52. The summed E-state index contributed by atoms with van der Waals surface area (Å²) in [7, 11) is 0. The average Bonchev–Trinajstić information content (AvgIpc) is 2.37. The van der Waals surface area contributed by atoms with Crippen molar-refractivity contribution in [1.82, 2.24) is 0 Å². The lowest BCUT2D eigenvalue weighted by Gasteiger charge is -2.29. The zero-order chi connectivity index (χ0) is 16.4. The summed E-state index contributed by atoms with van der Waals surface area (Å²) in [6.07, 6.45) is 0. The first-order chi connectivity index (χ1) is 9.59. The van der Waals surface area contributed by atoms with E-state index in [9.17, 15) is 0 Å². The number of ether oxygens (including phenoxy) is 1. The Balaban J connectivity index is 3.49. The highest BCUT2D eigenvalue weighted by molar-refractivity contribution is 7.80. The Kier molecular flexibility index (Phi) is 5.80. The number of nitrogens with two attached hydrogens (primary N) is 1. The van der Waals surface area contributed by atoms with Crippen LogP contribution in [0.15, 0.2) is 12.1 Å². The molecule has 0 aromatic heterocycles. The Labute approximate surface area is 135 Å². The van der Waals surface area contributed by atoms with Crippen molar-refractivity contribution >= 4 is 17.2 Å². The van der Waals surface area contributed by atoms with E-state index in [1.165, 1.54) is 16.7 Å². The highest BCUT2D eigenvalue weighted by Gasteiger charge is 2.27. The maximum absolute atomic E-state index is 6.02. The summed E-state index contributed by atoms with van der Waals surface area (Å²) in [5, 5.41) is 0. The normalized spacial score (nSPS) is 14.6. The quantitative estimate of drug-likeness (QED) is 0.800. The van der Waals surface area contributed by atoms with E-state index >= 15 is 0 Å². The van der Waals surface area contributed by atoms with Crippen LogP contribution < -0.4 is 10.5 Å². The molecular weight excluding hydrogens is 278 g/mol. The van der Waals surface area contributed by atoms with E-state index in [2.05, 4.69) is 53.7 Å². The van der Waals surface area contributed by atoms with Crippen LogP contribution in [0.5, 0.6) is 5.75 Å². The summed E-state index contributed by atoms with van der Waals surface area (Å²) in [4.78, 5) is 0.559. The Bertz CT molecular complexity index is 517. The van der Waals surface area contributed by atoms with E-state index in [-0.39, 0.29) is 17.3 Å². The molecule has 0 radical (unpaired) electrons. The van der Waals surface area contributed by atoms with E-state index in [4.69, 9.17) is 22.7 Å². The second-order valence-electron chi connectivity index (χ2n) is 6.89. The fraction of sp³-hybridized carbons (Fsp3) is 0.611. The summed E-state index contributed by atoms with van der Waals surface area (Å²) in [6, 6.07) is 4.44. The maximum atomic E-state index is 6.02. The Hall–Kier alpha value is -1.09. The van der Waals surface area contributed by atoms with Gasteiger partial charge < -0.3 is 10.5 Å². The predicted octanol–water partition coefficient (Wildman–Crippen LogP) is 4.72. The van der Waals surface area contributed by atoms with Crippen LogP contribution in [0.4, 0.5) is 0 Å². The third-order valence-corrected chi connectivity index (χ3v) is 4.42. The van der Waals surface area contributed by atoms with Crippen LogP contribution in [0.3, 0.4) is 0 Å². The number of aryl methyl sites for hydroxylation is 1. The molecule has 0 aliphatic heterocycles. The molecule has 0 saturated carbocycles. The van der Waals surface area contributed by atoms with Gasteiger partial charge in [-0.25, -0.2) is 0 Å². The topological polar surface area (TPSA) is 35.2 Å². The summed E-state index contributed by atoms with van der Waals surface area (Å²) < 4.78 is 6.02. The van der Waals surface area contributed by atoms with Gasteiger partial charge in [0.1, 0.15) is 5.75 Å². The second-order valence-corrected chi connectivity index (χ2v) is 7.36. The molecule has 2 N–H and O–H groups in total. The monoisotopic (exact) mass is 307 g/mol. The third-order valence-electron chi connectivity index (χ3n) is 4.05. The molecule has 21 heavy (non-hydrogen) atoms. The van der Waals surface area contributed by atoms with Gasteiger partial charge in [-0.1, -0.05) is 64.5 Å². The first kappa shape index (κ1) is 18.0. The van der Waals surface area contributed by atoms with Crippen molar-refractivity contribution in [3.8, 4) is 5.75 Å². The summed E-state index contributed by atoms with van der Waals surface area (Å²) >= 11 is 5.18. The fourth-order valence-corrected chi connectivity index (χ4v) is 2.72. The minimum Gasteiger partial charge on any atom is -0.493 e. The van der Waals surface area contributed by atoms with Crippen molar-refractivity contribution in [2.24, 2.45) is 11.7 Å². The van der Waals surface area contributed by atoms with Crippen molar-refractivity contribution in [3.63, 3.8) is 0 Å². The zero-order valence-electron chi connectivity index (χ0n) is 14.4. The number of thiocarbonyl (C=S) groups is 1. The number of rotatable bonds is 5. The van der Waals surface area contributed by atoms with Crippen molar-refractivity contribution < 1.29 is 4.74 Å². The van der Waals surface area contributed by atoms with E-state index in [1.54, 1.807) is 0 Å². The lowest BCUT2D eigenvalue weighted by atomic mass is 9.80. The molecule has 118 valence electrons. The molecule has 2 atom stereocenters. The van der Waals surface area contributed by atoms with Crippen LogP contribution >= 0.6 is 12.2 Å². The van der Waals surface area contributed by atoms with Crippen LogP contribution in [0.25, 0.3) is 0 Å². The third kappa shape index (κ3) is 4.19. The summed E-state index contributed by atoms with van der Waals surface area (Å²) in [5.74, 6) is 1.39. The number of hydrogen-bond acceptors (Lipinski definition) is 2. The summed E-state index contributed by atoms with van der Waals surface area (Å²) in [6.45, 7) is 15.7. The average molecular weight is 308 g/mol. The second kappa shape index (κ2) is 6.78. The van der Waals surface area contributed by atoms with Gasteiger partial charge in [0.15, 0.2) is 0 Å². The van der Waals surface area contributed by atoms with Gasteiger partial charge in [-0.15, -0.1) is 0 Å². The van der Waals surface area contributed by atoms with Gasteiger partial charge in [0.05, 0.1) is 11.6 Å². The van der Waals surface area contributed by atoms with Gasteiger partial charge in [-0.3, -0.25) is 0 Å². The minimum atomic E-state index is 0.0391. The van der Waals surface area contributed by atoms with E-state index < -0.39 is 0 Å². The molecule has 0 aliphatic rings. The molecule has 0 fully saturated rings. The predicted molar refractivity (Wildman–Crippen MR) is 95.4 cm³/mol. The molecule has 0 saturated heterocycles. The molecule has 0 heterocycles. The molecule has 2 nitrogen and oxygen atoms in total. The Morgan fingerprint density at radius 2 is 1.86 bits per heavy atom. The van der Waals surface area contributed by atoms with Crippen molar-refractivity contribution in [2.75, 3.05) is 6.61 Å². The van der Waals surface area contributed by atoms with Crippen LogP contribution in [0.1, 0.15) is 64.2 Å². The number of benzene rings is 1. The Morgan fingerprint density at radius 3 is 2.29 bits per heavy atom. The van der Waals surface area contributed by atoms with Crippen LogP contribution in [0.2, 0.25) is 0 Å². The van der Waals surface area contributed by atoms with Gasteiger partial charge in [0.2, 0.25) is 0 Å². The van der Waals surface area contributed by atoms with Crippen molar-refractivity contribution in [1.29, 1.82) is 0 Å².